The van der Waals surface area contributed by atoms with E-state index < -0.39 is 8.32 Å². The molecule has 0 spiro atoms. The van der Waals surface area contributed by atoms with E-state index in [-0.39, 0.29) is 0 Å². The molecule has 0 radical (unpaired) electrons. The fourth-order valence-corrected chi connectivity index (χ4v) is 2.87. The van der Waals surface area contributed by atoms with Crippen LogP contribution in [-0.4, -0.2) is 34.5 Å². The summed E-state index contributed by atoms with van der Waals surface area (Å²) in [4.78, 5) is 2.41. The second kappa shape index (κ2) is 5.10. The Morgan fingerprint density at radius 2 is 1.76 bits per heavy atom. The Hall–Kier alpha value is -1.00. The highest BCUT2D eigenvalue weighted by Gasteiger charge is 2.20. The monoisotopic (exact) mass is 250 g/mol. The van der Waals surface area contributed by atoms with Crippen LogP contribution in [0, 0.1) is 0 Å². The molecule has 1 saturated heterocycles. The predicted octanol–water partition coefficient (Wildman–Crippen LogP) is 2.31. The molecule has 1 aromatic carbocycles. The fourth-order valence-electron chi connectivity index (χ4n) is 2.04. The molecule has 0 unspecified atom stereocenters. The molecule has 1 aromatic rings. The van der Waals surface area contributed by atoms with Gasteiger partial charge in [-0.2, -0.15) is 0 Å². The first-order chi connectivity index (χ1) is 8.06. The van der Waals surface area contributed by atoms with E-state index in [0.717, 1.165) is 31.9 Å². The summed E-state index contributed by atoms with van der Waals surface area (Å²) < 4.78 is 6.16. The first-order valence-corrected chi connectivity index (χ1v) is 9.71. The molecular weight excluding hydrogens is 228 g/mol. The summed E-state index contributed by atoms with van der Waals surface area (Å²) >= 11 is 0. The summed E-state index contributed by atoms with van der Waals surface area (Å²) in [6.45, 7) is 10.9. The third-order valence-electron chi connectivity index (χ3n) is 2.74. The van der Waals surface area contributed by atoms with Crippen molar-refractivity contribution >= 4 is 14.0 Å². The van der Waals surface area contributed by atoms with Crippen molar-refractivity contribution in [2.24, 2.45) is 0 Å². The summed E-state index contributed by atoms with van der Waals surface area (Å²) in [5.74, 6) is 1.05. The molecule has 1 fully saturated rings. The average molecular weight is 250 g/mol. The van der Waals surface area contributed by atoms with E-state index >= 15 is 0 Å². The van der Waals surface area contributed by atoms with Crippen LogP contribution in [0.4, 0.5) is 5.69 Å². The van der Waals surface area contributed by atoms with Gasteiger partial charge in [-0.05, 0) is 31.8 Å². The topological polar surface area (TPSA) is 24.5 Å². The second-order valence-electron chi connectivity index (χ2n) is 5.42. The molecule has 1 heterocycles. The number of piperazine rings is 1. The number of nitrogens with one attached hydrogen (secondary N) is 1. The SMILES string of the molecule is C[Si](C)(C)Oc1ccccc1N1CCNCC1. The van der Waals surface area contributed by atoms with Crippen molar-refractivity contribution < 1.29 is 4.43 Å². The van der Waals surface area contributed by atoms with Gasteiger partial charge in [0.05, 0.1) is 5.69 Å². The summed E-state index contributed by atoms with van der Waals surface area (Å²) in [7, 11) is -1.54. The van der Waals surface area contributed by atoms with E-state index in [4.69, 9.17) is 4.43 Å². The van der Waals surface area contributed by atoms with Gasteiger partial charge in [-0.15, -0.1) is 0 Å². The Bertz CT molecular complexity index is 370. The maximum absolute atomic E-state index is 6.16. The standard InChI is InChI=1S/C13H22N2OSi/c1-17(2,3)16-13-7-5-4-6-12(13)15-10-8-14-9-11-15/h4-7,14H,8-11H2,1-3H3. The van der Waals surface area contributed by atoms with E-state index in [0.29, 0.717) is 0 Å². The highest BCUT2D eigenvalue weighted by molar-refractivity contribution is 6.70. The van der Waals surface area contributed by atoms with Gasteiger partial charge in [-0.3, -0.25) is 0 Å². The number of benzene rings is 1. The maximum Gasteiger partial charge on any atom is 0.242 e. The lowest BCUT2D eigenvalue weighted by Crippen LogP contribution is -2.44. The molecule has 1 aliphatic heterocycles. The van der Waals surface area contributed by atoms with Crippen LogP contribution in [0.5, 0.6) is 5.75 Å². The Morgan fingerprint density at radius 3 is 2.41 bits per heavy atom. The lowest BCUT2D eigenvalue weighted by molar-refractivity contribution is 0.542. The van der Waals surface area contributed by atoms with Crippen LogP contribution in [-0.2, 0) is 0 Å². The van der Waals surface area contributed by atoms with Gasteiger partial charge in [0.2, 0.25) is 8.32 Å². The number of hydrogen-bond acceptors (Lipinski definition) is 3. The smallest absolute Gasteiger partial charge is 0.242 e. The largest absolute Gasteiger partial charge is 0.543 e. The first-order valence-electron chi connectivity index (χ1n) is 6.30. The van der Waals surface area contributed by atoms with Crippen molar-refractivity contribution in [3.8, 4) is 5.75 Å². The minimum Gasteiger partial charge on any atom is -0.543 e. The minimum absolute atomic E-state index is 1.05. The van der Waals surface area contributed by atoms with Crippen molar-refractivity contribution in [1.29, 1.82) is 0 Å². The highest BCUT2D eigenvalue weighted by atomic mass is 28.4. The van der Waals surface area contributed by atoms with E-state index in [1.165, 1.54) is 5.69 Å². The molecule has 2 rings (SSSR count). The van der Waals surface area contributed by atoms with Crippen LogP contribution in [0.1, 0.15) is 0 Å². The molecule has 0 aliphatic carbocycles. The summed E-state index contributed by atoms with van der Waals surface area (Å²) in [5.41, 5.74) is 1.25. The maximum atomic E-state index is 6.16. The third-order valence-corrected chi connectivity index (χ3v) is 3.57. The zero-order valence-electron chi connectivity index (χ0n) is 11.0. The first kappa shape index (κ1) is 12.5. The molecule has 0 atom stereocenters. The molecule has 4 heteroatoms. The average Bonchev–Trinajstić information content (AvgIpc) is 2.29. The van der Waals surface area contributed by atoms with Crippen LogP contribution >= 0.6 is 0 Å². The van der Waals surface area contributed by atoms with Crippen LogP contribution in [0.15, 0.2) is 24.3 Å². The van der Waals surface area contributed by atoms with Crippen LogP contribution in [0.25, 0.3) is 0 Å². The Balaban J connectivity index is 2.20. The molecule has 0 saturated carbocycles. The zero-order valence-corrected chi connectivity index (χ0v) is 12.0. The molecular formula is C13H22N2OSi. The molecule has 94 valence electrons. The number of hydrogen-bond donors (Lipinski definition) is 1. The number of nitrogens with zero attached hydrogens (tertiary/aromatic N) is 1. The summed E-state index contributed by atoms with van der Waals surface area (Å²) in [6.07, 6.45) is 0. The number of para-hydroxylation sites is 2. The second-order valence-corrected chi connectivity index (χ2v) is 9.85. The highest BCUT2D eigenvalue weighted by Crippen LogP contribution is 2.30. The Morgan fingerprint density at radius 1 is 1.12 bits per heavy atom. The fraction of sp³-hybridized carbons (Fsp3) is 0.538. The third kappa shape index (κ3) is 3.48. The van der Waals surface area contributed by atoms with Crippen molar-refractivity contribution in [2.75, 3.05) is 31.1 Å². The van der Waals surface area contributed by atoms with Gasteiger partial charge in [0.25, 0.3) is 0 Å². The minimum atomic E-state index is -1.54. The van der Waals surface area contributed by atoms with Gasteiger partial charge in [-0.1, -0.05) is 12.1 Å². The van der Waals surface area contributed by atoms with Crippen molar-refractivity contribution in [3.05, 3.63) is 24.3 Å². The van der Waals surface area contributed by atoms with Crippen molar-refractivity contribution in [2.45, 2.75) is 19.6 Å². The van der Waals surface area contributed by atoms with Gasteiger partial charge in [0, 0.05) is 26.2 Å². The number of anilines is 1. The van der Waals surface area contributed by atoms with Gasteiger partial charge in [0.1, 0.15) is 5.75 Å². The van der Waals surface area contributed by atoms with Gasteiger partial charge < -0.3 is 14.6 Å². The van der Waals surface area contributed by atoms with E-state index in [1.807, 2.05) is 0 Å². The van der Waals surface area contributed by atoms with E-state index in [1.54, 1.807) is 0 Å². The van der Waals surface area contributed by atoms with Crippen molar-refractivity contribution in [1.82, 2.24) is 5.32 Å². The molecule has 17 heavy (non-hydrogen) atoms. The van der Waals surface area contributed by atoms with E-state index in [2.05, 4.69) is 54.1 Å². The van der Waals surface area contributed by atoms with Crippen LogP contribution < -0.4 is 14.6 Å². The lowest BCUT2D eigenvalue weighted by atomic mass is 10.2. The molecule has 0 amide bonds. The molecule has 0 bridgehead atoms. The van der Waals surface area contributed by atoms with Gasteiger partial charge in [0.15, 0.2) is 0 Å². The van der Waals surface area contributed by atoms with Gasteiger partial charge in [-0.25, -0.2) is 0 Å². The molecule has 0 aromatic heterocycles. The molecule has 1 aliphatic rings. The summed E-state index contributed by atoms with van der Waals surface area (Å²) in [5, 5.41) is 3.38. The van der Waals surface area contributed by atoms with Gasteiger partial charge >= 0.3 is 0 Å². The number of rotatable bonds is 3. The Labute approximate surface area is 105 Å². The normalized spacial score (nSPS) is 17.0. The molecule has 3 nitrogen and oxygen atoms in total. The lowest BCUT2D eigenvalue weighted by Gasteiger charge is -2.32. The van der Waals surface area contributed by atoms with Crippen LogP contribution in [0.2, 0.25) is 19.6 Å². The summed E-state index contributed by atoms with van der Waals surface area (Å²) in [6, 6.07) is 8.41. The van der Waals surface area contributed by atoms with Crippen LogP contribution in [0.3, 0.4) is 0 Å². The Kier molecular flexibility index (Phi) is 3.74. The zero-order chi connectivity index (χ0) is 12.3. The van der Waals surface area contributed by atoms with E-state index in [9.17, 15) is 0 Å². The van der Waals surface area contributed by atoms with Crippen molar-refractivity contribution in [3.63, 3.8) is 0 Å². The molecule has 1 N–H and O–H groups in total. The predicted molar refractivity (Wildman–Crippen MR) is 75.5 cm³/mol. The quantitative estimate of drug-likeness (QED) is 0.833.